The zero-order chi connectivity index (χ0) is 15.4. The average Bonchev–Trinajstić information content (AvgIpc) is 2.92. The van der Waals surface area contributed by atoms with Gasteiger partial charge in [-0.1, -0.05) is 22.0 Å². The number of thiophene rings is 1. The Labute approximate surface area is 133 Å². The lowest BCUT2D eigenvalue weighted by atomic mass is 10.1. The van der Waals surface area contributed by atoms with Crippen LogP contribution in [-0.4, -0.2) is 17.3 Å². The second-order valence-electron chi connectivity index (χ2n) is 4.29. The van der Waals surface area contributed by atoms with Crippen molar-refractivity contribution in [3.63, 3.8) is 0 Å². The van der Waals surface area contributed by atoms with Crippen LogP contribution in [0.5, 0.6) is 5.75 Å². The zero-order valence-corrected chi connectivity index (χ0v) is 13.6. The molecule has 2 rings (SSSR count). The topological polar surface area (TPSA) is 69.4 Å². The fourth-order valence-electron chi connectivity index (χ4n) is 1.84. The van der Waals surface area contributed by atoms with E-state index in [2.05, 4.69) is 15.9 Å². The summed E-state index contributed by atoms with van der Waals surface area (Å²) in [5.74, 6) is -0.238. The van der Waals surface area contributed by atoms with Gasteiger partial charge in [-0.2, -0.15) is 0 Å². The van der Waals surface area contributed by atoms with Crippen LogP contribution < -0.4 is 4.74 Å². The Balaban J connectivity index is 2.26. The molecule has 0 fully saturated rings. The summed E-state index contributed by atoms with van der Waals surface area (Å²) >= 11 is 4.77. The van der Waals surface area contributed by atoms with Gasteiger partial charge in [-0.15, -0.1) is 11.3 Å². The van der Waals surface area contributed by atoms with Gasteiger partial charge >= 0.3 is 5.69 Å². The lowest BCUT2D eigenvalue weighted by Gasteiger charge is -2.10. The number of nitro groups is 1. The van der Waals surface area contributed by atoms with Gasteiger partial charge in [-0.05, 0) is 24.4 Å². The number of carbonyl (C=O) groups excluding carboxylic acids is 1. The number of ether oxygens (including phenoxy) is 1. The normalized spacial score (nSPS) is 10.4. The van der Waals surface area contributed by atoms with Crippen LogP contribution in [0.1, 0.15) is 22.2 Å². The average molecular weight is 370 g/mol. The molecular formula is C14H12BrNO4S. The highest BCUT2D eigenvalue weighted by molar-refractivity contribution is 9.10. The Morgan fingerprint density at radius 1 is 1.48 bits per heavy atom. The molecule has 0 aliphatic carbocycles. The molecule has 2 aromatic rings. The van der Waals surface area contributed by atoms with Crippen molar-refractivity contribution in [1.29, 1.82) is 0 Å². The molecule has 0 unspecified atom stereocenters. The molecule has 0 radical (unpaired) electrons. The molecule has 0 aliphatic heterocycles. The summed E-state index contributed by atoms with van der Waals surface area (Å²) in [4.78, 5) is 23.4. The van der Waals surface area contributed by atoms with Crippen molar-refractivity contribution >= 4 is 38.7 Å². The number of hydrogen-bond donors (Lipinski definition) is 0. The second kappa shape index (κ2) is 6.82. The third-order valence-corrected chi connectivity index (χ3v) is 4.18. The third kappa shape index (κ3) is 3.89. The van der Waals surface area contributed by atoms with Gasteiger partial charge in [0.05, 0.1) is 17.1 Å². The van der Waals surface area contributed by atoms with E-state index in [1.54, 1.807) is 11.3 Å². The van der Waals surface area contributed by atoms with Crippen molar-refractivity contribution in [2.24, 2.45) is 0 Å². The van der Waals surface area contributed by atoms with Crippen LogP contribution in [0.4, 0.5) is 5.69 Å². The van der Waals surface area contributed by atoms with Gasteiger partial charge in [-0.25, -0.2) is 0 Å². The molecule has 1 aromatic carbocycles. The van der Waals surface area contributed by atoms with Gasteiger partial charge in [-0.3, -0.25) is 14.9 Å². The molecule has 0 saturated carbocycles. The predicted molar refractivity (Wildman–Crippen MR) is 84.3 cm³/mol. The summed E-state index contributed by atoms with van der Waals surface area (Å²) in [6, 6.07) is 6.78. The van der Waals surface area contributed by atoms with Crippen LogP contribution in [0.2, 0.25) is 0 Å². The molecular weight excluding hydrogens is 358 g/mol. The Kier molecular flexibility index (Phi) is 5.08. The molecule has 0 atom stereocenters. The van der Waals surface area contributed by atoms with E-state index >= 15 is 0 Å². The molecule has 0 spiro atoms. The van der Waals surface area contributed by atoms with Crippen molar-refractivity contribution in [3.8, 4) is 5.75 Å². The lowest BCUT2D eigenvalue weighted by Crippen LogP contribution is -2.07. The van der Waals surface area contributed by atoms with Crippen molar-refractivity contribution < 1.29 is 14.5 Å². The first-order valence-electron chi connectivity index (χ1n) is 6.13. The fourth-order valence-corrected chi connectivity index (χ4v) is 2.97. The maximum Gasteiger partial charge on any atom is 0.312 e. The van der Waals surface area contributed by atoms with Gasteiger partial charge in [0, 0.05) is 21.8 Å². The van der Waals surface area contributed by atoms with Crippen molar-refractivity contribution in [2.75, 3.05) is 6.61 Å². The minimum absolute atomic E-state index is 0.0345. The minimum Gasteiger partial charge on any atom is -0.486 e. The first-order chi connectivity index (χ1) is 9.99. The monoisotopic (exact) mass is 369 g/mol. The van der Waals surface area contributed by atoms with E-state index in [1.807, 2.05) is 17.5 Å². The van der Waals surface area contributed by atoms with E-state index in [1.165, 1.54) is 19.1 Å². The van der Waals surface area contributed by atoms with Crippen LogP contribution >= 0.6 is 27.3 Å². The largest absolute Gasteiger partial charge is 0.486 e. The molecule has 5 nitrogen and oxygen atoms in total. The van der Waals surface area contributed by atoms with E-state index in [0.717, 1.165) is 4.88 Å². The van der Waals surface area contributed by atoms with Crippen LogP contribution in [0.25, 0.3) is 0 Å². The van der Waals surface area contributed by atoms with Gasteiger partial charge < -0.3 is 4.74 Å². The summed E-state index contributed by atoms with van der Waals surface area (Å²) in [5, 5.41) is 13.1. The van der Waals surface area contributed by atoms with Gasteiger partial charge in [0.25, 0.3) is 0 Å². The summed E-state index contributed by atoms with van der Waals surface area (Å²) in [5.41, 5.74) is 0.00279. The molecule has 0 aliphatic rings. The van der Waals surface area contributed by atoms with Crippen LogP contribution in [0, 0.1) is 10.1 Å². The fraction of sp³-hybridized carbons (Fsp3) is 0.214. The summed E-state index contributed by atoms with van der Waals surface area (Å²) in [7, 11) is 0. The summed E-state index contributed by atoms with van der Waals surface area (Å²) < 4.78 is 6.02. The summed E-state index contributed by atoms with van der Waals surface area (Å²) in [6.07, 6.45) is 0.641. The number of ketones is 1. The highest BCUT2D eigenvalue weighted by Crippen LogP contribution is 2.35. The standard InChI is InChI=1S/C14H12BrNO4S/c1-9(17)12-7-10(15)8-13(16(18)19)14(12)20-5-4-11-3-2-6-21-11/h2-3,6-8H,4-5H2,1H3. The number of halogens is 1. The zero-order valence-electron chi connectivity index (χ0n) is 11.2. The van der Waals surface area contributed by atoms with Gasteiger partial charge in [0.1, 0.15) is 0 Å². The van der Waals surface area contributed by atoms with E-state index in [4.69, 9.17) is 4.74 Å². The number of Topliss-reactive ketones (excluding diaryl/α,β-unsaturated/α-hetero) is 1. The van der Waals surface area contributed by atoms with Crippen molar-refractivity contribution in [3.05, 3.63) is 54.7 Å². The van der Waals surface area contributed by atoms with Crippen molar-refractivity contribution in [2.45, 2.75) is 13.3 Å². The Morgan fingerprint density at radius 3 is 2.81 bits per heavy atom. The molecule has 0 amide bonds. The maximum atomic E-state index is 11.7. The van der Waals surface area contributed by atoms with E-state index < -0.39 is 4.92 Å². The first-order valence-corrected chi connectivity index (χ1v) is 7.80. The molecule has 0 bridgehead atoms. The Hall–Kier alpha value is -1.73. The summed E-state index contributed by atoms with van der Waals surface area (Å²) in [6.45, 7) is 1.64. The van der Waals surface area contributed by atoms with Gasteiger partial charge in [0.2, 0.25) is 5.75 Å². The number of hydrogen-bond acceptors (Lipinski definition) is 5. The van der Waals surface area contributed by atoms with Crippen LogP contribution in [0.15, 0.2) is 34.1 Å². The Morgan fingerprint density at radius 2 is 2.24 bits per heavy atom. The molecule has 110 valence electrons. The molecule has 0 saturated heterocycles. The number of nitrogens with zero attached hydrogens (tertiary/aromatic N) is 1. The SMILES string of the molecule is CC(=O)c1cc(Br)cc([N+](=O)[O-])c1OCCc1cccs1. The maximum absolute atomic E-state index is 11.7. The lowest BCUT2D eigenvalue weighted by molar-refractivity contribution is -0.386. The smallest absolute Gasteiger partial charge is 0.312 e. The molecule has 21 heavy (non-hydrogen) atoms. The predicted octanol–water partition coefficient (Wildman–Crippen LogP) is 4.24. The molecule has 0 N–H and O–H groups in total. The highest BCUT2D eigenvalue weighted by Gasteiger charge is 2.23. The minimum atomic E-state index is -0.544. The number of benzene rings is 1. The molecule has 1 aromatic heterocycles. The van der Waals surface area contributed by atoms with E-state index in [9.17, 15) is 14.9 Å². The Bertz CT molecular complexity index is 635. The van der Waals surface area contributed by atoms with Gasteiger partial charge in [0.15, 0.2) is 5.78 Å². The van der Waals surface area contributed by atoms with E-state index in [-0.39, 0.29) is 29.4 Å². The first kappa shape index (κ1) is 15.7. The van der Waals surface area contributed by atoms with E-state index in [0.29, 0.717) is 10.9 Å². The van der Waals surface area contributed by atoms with Crippen LogP contribution in [-0.2, 0) is 6.42 Å². The number of rotatable bonds is 6. The molecule has 1 heterocycles. The van der Waals surface area contributed by atoms with Crippen LogP contribution in [0.3, 0.4) is 0 Å². The highest BCUT2D eigenvalue weighted by atomic mass is 79.9. The molecule has 7 heteroatoms. The number of carbonyl (C=O) groups is 1. The second-order valence-corrected chi connectivity index (χ2v) is 6.24. The van der Waals surface area contributed by atoms with Crippen molar-refractivity contribution in [1.82, 2.24) is 0 Å². The third-order valence-electron chi connectivity index (χ3n) is 2.79. The quantitative estimate of drug-likeness (QED) is 0.433. The number of nitro benzene ring substituents is 1.